The summed E-state index contributed by atoms with van der Waals surface area (Å²) in [5.41, 5.74) is 9.79. The molecule has 1 heteroatoms. The van der Waals surface area contributed by atoms with Gasteiger partial charge in [0.25, 0.3) is 0 Å². The number of aryl methyl sites for hydroxylation is 2. The van der Waals surface area contributed by atoms with Crippen molar-refractivity contribution in [2.45, 2.75) is 40.0 Å². The van der Waals surface area contributed by atoms with Gasteiger partial charge in [-0.3, -0.25) is 0 Å². The summed E-state index contributed by atoms with van der Waals surface area (Å²) < 4.78 is 0. The van der Waals surface area contributed by atoms with Crippen molar-refractivity contribution in [1.82, 2.24) is 0 Å². The van der Waals surface area contributed by atoms with Gasteiger partial charge in [-0.1, -0.05) is 30.7 Å². The molecular formula is C14H23N. The molecule has 2 N–H and O–H groups in total. The zero-order valence-electron chi connectivity index (χ0n) is 10.2. The maximum Gasteiger partial charge on any atom is -0.00772 e. The van der Waals surface area contributed by atoms with Crippen molar-refractivity contribution < 1.29 is 0 Å². The van der Waals surface area contributed by atoms with Gasteiger partial charge in [0, 0.05) is 0 Å². The van der Waals surface area contributed by atoms with E-state index < -0.39 is 0 Å². The van der Waals surface area contributed by atoms with Crippen LogP contribution in [0.1, 0.15) is 36.5 Å². The van der Waals surface area contributed by atoms with E-state index in [0.29, 0.717) is 0 Å². The fourth-order valence-electron chi connectivity index (χ4n) is 2.02. The first-order chi connectivity index (χ1) is 7.13. The first-order valence-electron chi connectivity index (χ1n) is 5.89. The van der Waals surface area contributed by atoms with E-state index in [9.17, 15) is 0 Å². The smallest absolute Gasteiger partial charge is 0.00772 e. The average Bonchev–Trinajstić information content (AvgIpc) is 2.19. The zero-order chi connectivity index (χ0) is 11.3. The Morgan fingerprint density at radius 3 is 2.60 bits per heavy atom. The zero-order valence-corrected chi connectivity index (χ0v) is 10.2. The fraction of sp³-hybridized carbons (Fsp3) is 0.571. The van der Waals surface area contributed by atoms with Crippen LogP contribution in [0.4, 0.5) is 0 Å². The Kier molecular flexibility index (Phi) is 4.83. The van der Waals surface area contributed by atoms with Gasteiger partial charge >= 0.3 is 0 Å². The molecule has 0 aliphatic rings. The summed E-state index contributed by atoms with van der Waals surface area (Å²) in [6, 6.07) is 6.74. The van der Waals surface area contributed by atoms with Crippen molar-refractivity contribution >= 4 is 0 Å². The first-order valence-corrected chi connectivity index (χ1v) is 5.89. The molecule has 0 saturated carbocycles. The summed E-state index contributed by atoms with van der Waals surface area (Å²) in [5.74, 6) is 0.745. The summed E-state index contributed by atoms with van der Waals surface area (Å²) in [7, 11) is 0. The van der Waals surface area contributed by atoms with Crippen LogP contribution in [0, 0.1) is 19.8 Å². The van der Waals surface area contributed by atoms with Crippen LogP contribution < -0.4 is 5.73 Å². The highest BCUT2D eigenvalue weighted by atomic mass is 14.5. The molecule has 84 valence electrons. The van der Waals surface area contributed by atoms with Gasteiger partial charge in [-0.25, -0.2) is 0 Å². The molecule has 0 bridgehead atoms. The first kappa shape index (κ1) is 12.3. The van der Waals surface area contributed by atoms with Gasteiger partial charge in [-0.05, 0) is 56.7 Å². The van der Waals surface area contributed by atoms with Crippen molar-refractivity contribution in [3.8, 4) is 0 Å². The van der Waals surface area contributed by atoms with Gasteiger partial charge < -0.3 is 5.73 Å². The Morgan fingerprint density at radius 2 is 2.00 bits per heavy atom. The van der Waals surface area contributed by atoms with Gasteiger partial charge in [-0.15, -0.1) is 0 Å². The second-order valence-corrected chi connectivity index (χ2v) is 4.67. The average molecular weight is 205 g/mol. The summed E-state index contributed by atoms with van der Waals surface area (Å²) in [5, 5.41) is 0. The molecule has 1 atom stereocenters. The summed E-state index contributed by atoms with van der Waals surface area (Å²) in [4.78, 5) is 0. The minimum Gasteiger partial charge on any atom is -0.330 e. The lowest BCUT2D eigenvalue weighted by atomic mass is 9.93. The third-order valence-electron chi connectivity index (χ3n) is 2.97. The molecule has 0 radical (unpaired) electrons. The maximum atomic E-state index is 5.52. The Bertz CT molecular complexity index is 304. The second kappa shape index (κ2) is 5.92. The van der Waals surface area contributed by atoms with Gasteiger partial charge in [-0.2, -0.15) is 0 Å². The van der Waals surface area contributed by atoms with Crippen LogP contribution in [0.5, 0.6) is 0 Å². The van der Waals surface area contributed by atoms with Crippen LogP contribution in [0.25, 0.3) is 0 Å². The molecule has 1 rings (SSSR count). The van der Waals surface area contributed by atoms with E-state index in [-0.39, 0.29) is 0 Å². The van der Waals surface area contributed by atoms with Gasteiger partial charge in [0.1, 0.15) is 0 Å². The lowest BCUT2D eigenvalue weighted by Crippen LogP contribution is -2.06. The van der Waals surface area contributed by atoms with Crippen LogP contribution in [0.2, 0.25) is 0 Å². The monoisotopic (exact) mass is 205 g/mol. The van der Waals surface area contributed by atoms with Crippen molar-refractivity contribution in [2.75, 3.05) is 6.54 Å². The Morgan fingerprint density at radius 1 is 1.27 bits per heavy atom. The minimum atomic E-state index is 0.745. The maximum absolute atomic E-state index is 5.52. The van der Waals surface area contributed by atoms with Crippen LogP contribution in [-0.2, 0) is 6.42 Å². The summed E-state index contributed by atoms with van der Waals surface area (Å²) in [6.07, 6.45) is 3.57. The largest absolute Gasteiger partial charge is 0.330 e. The molecule has 0 aromatic heterocycles. The van der Waals surface area contributed by atoms with Gasteiger partial charge in [0.15, 0.2) is 0 Å². The van der Waals surface area contributed by atoms with Crippen molar-refractivity contribution in [3.63, 3.8) is 0 Å². The fourth-order valence-corrected chi connectivity index (χ4v) is 2.02. The number of nitrogens with two attached hydrogens (primary N) is 1. The normalized spacial score (nSPS) is 12.8. The third kappa shape index (κ3) is 4.05. The Labute approximate surface area is 93.7 Å². The molecule has 15 heavy (non-hydrogen) atoms. The molecule has 0 saturated heterocycles. The Balaban J connectivity index is 2.56. The number of hydrogen-bond acceptors (Lipinski definition) is 1. The number of benzene rings is 1. The van der Waals surface area contributed by atoms with Crippen LogP contribution >= 0.6 is 0 Å². The minimum absolute atomic E-state index is 0.745. The molecule has 1 unspecified atom stereocenters. The van der Waals surface area contributed by atoms with Crippen molar-refractivity contribution in [3.05, 3.63) is 34.9 Å². The molecule has 1 aromatic rings. The number of rotatable bonds is 5. The molecular weight excluding hydrogens is 182 g/mol. The quantitative estimate of drug-likeness (QED) is 0.784. The number of hydrogen-bond donors (Lipinski definition) is 1. The highest BCUT2D eigenvalue weighted by molar-refractivity contribution is 5.30. The van der Waals surface area contributed by atoms with Crippen molar-refractivity contribution in [1.29, 1.82) is 0 Å². The van der Waals surface area contributed by atoms with Crippen LogP contribution in [0.15, 0.2) is 18.2 Å². The van der Waals surface area contributed by atoms with Crippen LogP contribution in [0.3, 0.4) is 0 Å². The molecule has 0 amide bonds. The summed E-state index contributed by atoms with van der Waals surface area (Å²) in [6.45, 7) is 7.48. The predicted octanol–water partition coefficient (Wildman–Crippen LogP) is 3.22. The Hall–Kier alpha value is -0.820. The molecule has 0 heterocycles. The molecule has 1 nitrogen and oxygen atoms in total. The van der Waals surface area contributed by atoms with Gasteiger partial charge in [0.05, 0.1) is 0 Å². The van der Waals surface area contributed by atoms with E-state index in [1.807, 2.05) is 0 Å². The molecule has 0 spiro atoms. The van der Waals surface area contributed by atoms with E-state index in [0.717, 1.165) is 18.9 Å². The lowest BCUT2D eigenvalue weighted by Gasteiger charge is -2.13. The van der Waals surface area contributed by atoms with E-state index in [2.05, 4.69) is 39.0 Å². The SMILES string of the molecule is Cc1ccc(CC(C)CCCN)c(C)c1. The molecule has 1 aromatic carbocycles. The van der Waals surface area contributed by atoms with E-state index in [1.165, 1.54) is 29.5 Å². The molecule has 0 fully saturated rings. The molecule has 0 aliphatic carbocycles. The van der Waals surface area contributed by atoms with E-state index >= 15 is 0 Å². The van der Waals surface area contributed by atoms with Crippen LogP contribution in [-0.4, -0.2) is 6.54 Å². The predicted molar refractivity (Wildman–Crippen MR) is 67.1 cm³/mol. The van der Waals surface area contributed by atoms with Gasteiger partial charge in [0.2, 0.25) is 0 Å². The highest BCUT2D eigenvalue weighted by Gasteiger charge is 2.05. The second-order valence-electron chi connectivity index (χ2n) is 4.67. The lowest BCUT2D eigenvalue weighted by molar-refractivity contribution is 0.511. The summed E-state index contributed by atoms with van der Waals surface area (Å²) >= 11 is 0. The van der Waals surface area contributed by atoms with E-state index in [4.69, 9.17) is 5.73 Å². The topological polar surface area (TPSA) is 26.0 Å². The van der Waals surface area contributed by atoms with Crippen molar-refractivity contribution in [2.24, 2.45) is 11.7 Å². The molecule has 0 aliphatic heterocycles. The highest BCUT2D eigenvalue weighted by Crippen LogP contribution is 2.17. The standard InChI is InChI=1S/C14H23N/c1-11(5-4-8-15)10-14-7-6-12(2)9-13(14)3/h6-7,9,11H,4-5,8,10,15H2,1-3H3. The third-order valence-corrected chi connectivity index (χ3v) is 2.97. The van der Waals surface area contributed by atoms with E-state index in [1.54, 1.807) is 0 Å².